The number of amides is 4. The van der Waals surface area contributed by atoms with Crippen LogP contribution in [-0.2, 0) is 24.0 Å². The van der Waals surface area contributed by atoms with Gasteiger partial charge in [-0.3, -0.25) is 19.2 Å². The quantitative estimate of drug-likeness (QED) is 0.585. The lowest BCUT2D eigenvalue weighted by Gasteiger charge is -2.29. The van der Waals surface area contributed by atoms with Crippen LogP contribution in [0.25, 0.3) is 0 Å². The van der Waals surface area contributed by atoms with E-state index in [1.54, 1.807) is 13.8 Å². The molecular formula is C18H28N4O5. The van der Waals surface area contributed by atoms with E-state index in [0.29, 0.717) is 38.6 Å². The smallest absolute Gasteiger partial charge is 0.245 e. The molecule has 27 heavy (non-hydrogen) atoms. The van der Waals surface area contributed by atoms with Crippen molar-refractivity contribution in [2.75, 3.05) is 13.1 Å². The van der Waals surface area contributed by atoms with E-state index >= 15 is 0 Å². The average Bonchev–Trinajstić information content (AvgIpc) is 3.29. The molecule has 2 N–H and O–H groups in total. The third kappa shape index (κ3) is 4.84. The topological polar surface area (TPSA) is 116 Å². The summed E-state index contributed by atoms with van der Waals surface area (Å²) in [5, 5.41) is 5.25. The SMILES string of the molecule is CC(=O)N1CCC[C@H]1C(=O)N[C@@H](C)C(=O)N1CCC[C@H]1C(=O)N[C@@H](C)C=O. The highest BCUT2D eigenvalue weighted by atomic mass is 16.2. The summed E-state index contributed by atoms with van der Waals surface area (Å²) in [7, 11) is 0. The predicted molar refractivity (Wildman–Crippen MR) is 96.4 cm³/mol. The van der Waals surface area contributed by atoms with E-state index in [1.807, 2.05) is 0 Å². The molecule has 0 aromatic heterocycles. The lowest BCUT2D eigenvalue weighted by Crippen LogP contribution is -2.55. The van der Waals surface area contributed by atoms with Crippen molar-refractivity contribution in [2.24, 2.45) is 0 Å². The van der Waals surface area contributed by atoms with E-state index in [9.17, 15) is 24.0 Å². The first kappa shape index (κ1) is 20.9. The molecule has 4 atom stereocenters. The van der Waals surface area contributed by atoms with Crippen LogP contribution in [-0.4, -0.2) is 77.0 Å². The number of nitrogens with zero attached hydrogens (tertiary/aromatic N) is 2. The molecule has 2 saturated heterocycles. The van der Waals surface area contributed by atoms with Crippen molar-refractivity contribution in [2.45, 2.75) is 70.6 Å². The van der Waals surface area contributed by atoms with Gasteiger partial charge >= 0.3 is 0 Å². The minimum Gasteiger partial charge on any atom is -0.345 e. The molecule has 0 spiro atoms. The molecule has 2 aliphatic rings. The Morgan fingerprint density at radius 3 is 2.00 bits per heavy atom. The standard InChI is InChI=1S/C18H28N4O5/c1-11(10-23)19-16(25)15-7-5-9-22(15)18(27)12(2)20-17(26)14-6-4-8-21(14)13(3)24/h10-12,14-15H,4-9H2,1-3H3,(H,19,25)(H,20,26)/t11-,12-,14-,15-/m0/s1. The molecule has 2 aliphatic heterocycles. The van der Waals surface area contributed by atoms with E-state index in [1.165, 1.54) is 16.7 Å². The van der Waals surface area contributed by atoms with Gasteiger partial charge in [-0.2, -0.15) is 0 Å². The Morgan fingerprint density at radius 2 is 1.44 bits per heavy atom. The van der Waals surface area contributed by atoms with Gasteiger partial charge in [0, 0.05) is 20.0 Å². The van der Waals surface area contributed by atoms with Gasteiger partial charge in [0.05, 0.1) is 6.04 Å². The molecule has 4 amide bonds. The van der Waals surface area contributed by atoms with Crippen LogP contribution < -0.4 is 10.6 Å². The Morgan fingerprint density at radius 1 is 0.926 bits per heavy atom. The number of nitrogens with one attached hydrogen (secondary N) is 2. The van der Waals surface area contributed by atoms with Crippen LogP contribution in [0.5, 0.6) is 0 Å². The molecule has 150 valence electrons. The predicted octanol–water partition coefficient (Wildman–Crippen LogP) is -0.803. The zero-order chi connectivity index (χ0) is 20.1. The van der Waals surface area contributed by atoms with E-state index in [2.05, 4.69) is 10.6 Å². The number of aldehydes is 1. The van der Waals surface area contributed by atoms with Crippen molar-refractivity contribution in [3.8, 4) is 0 Å². The Labute approximate surface area is 158 Å². The summed E-state index contributed by atoms with van der Waals surface area (Å²) in [6, 6.07) is -2.61. The van der Waals surface area contributed by atoms with Gasteiger partial charge in [-0.25, -0.2) is 0 Å². The molecule has 2 heterocycles. The lowest BCUT2D eigenvalue weighted by atomic mass is 10.1. The number of hydrogen-bond donors (Lipinski definition) is 2. The summed E-state index contributed by atoms with van der Waals surface area (Å²) >= 11 is 0. The molecule has 0 radical (unpaired) electrons. The molecule has 0 unspecified atom stereocenters. The molecular weight excluding hydrogens is 352 g/mol. The van der Waals surface area contributed by atoms with Crippen molar-refractivity contribution >= 4 is 29.9 Å². The van der Waals surface area contributed by atoms with E-state index in [-0.39, 0.29) is 23.6 Å². The number of likely N-dealkylation sites (tertiary alicyclic amines) is 2. The maximum atomic E-state index is 12.8. The molecule has 9 heteroatoms. The van der Waals surface area contributed by atoms with Gasteiger partial charge < -0.3 is 25.2 Å². The van der Waals surface area contributed by atoms with Crippen LogP contribution in [0.15, 0.2) is 0 Å². The molecule has 0 saturated carbocycles. The first-order chi connectivity index (χ1) is 12.8. The molecule has 0 aliphatic carbocycles. The Balaban J connectivity index is 1.97. The molecule has 0 aromatic carbocycles. The molecule has 2 fully saturated rings. The van der Waals surface area contributed by atoms with Gasteiger partial charge in [0.15, 0.2) is 0 Å². The highest BCUT2D eigenvalue weighted by molar-refractivity contribution is 5.94. The minimum atomic E-state index is -0.802. The summed E-state index contributed by atoms with van der Waals surface area (Å²) in [6.45, 7) is 5.54. The summed E-state index contributed by atoms with van der Waals surface area (Å²) in [4.78, 5) is 62.9. The van der Waals surface area contributed by atoms with Crippen LogP contribution in [0.4, 0.5) is 0 Å². The third-order valence-electron chi connectivity index (χ3n) is 5.10. The van der Waals surface area contributed by atoms with Crippen LogP contribution in [0, 0.1) is 0 Å². The fourth-order valence-corrected chi connectivity index (χ4v) is 3.69. The summed E-state index contributed by atoms with van der Waals surface area (Å²) in [5.74, 6) is -1.21. The van der Waals surface area contributed by atoms with Crippen molar-refractivity contribution < 1.29 is 24.0 Å². The van der Waals surface area contributed by atoms with Crippen LogP contribution in [0.2, 0.25) is 0 Å². The normalized spacial score (nSPS) is 24.3. The Bertz CT molecular complexity index is 623. The highest BCUT2D eigenvalue weighted by Gasteiger charge is 2.38. The molecule has 2 rings (SSSR count). The third-order valence-corrected chi connectivity index (χ3v) is 5.10. The van der Waals surface area contributed by atoms with Gasteiger partial charge in [-0.15, -0.1) is 0 Å². The highest BCUT2D eigenvalue weighted by Crippen LogP contribution is 2.20. The average molecular weight is 380 g/mol. The monoisotopic (exact) mass is 380 g/mol. The second-order valence-corrected chi connectivity index (χ2v) is 7.22. The number of carbonyl (C=O) groups is 5. The van der Waals surface area contributed by atoms with Gasteiger partial charge in [-0.05, 0) is 39.5 Å². The van der Waals surface area contributed by atoms with Crippen molar-refractivity contribution in [3.63, 3.8) is 0 Å². The van der Waals surface area contributed by atoms with Crippen molar-refractivity contribution in [1.82, 2.24) is 20.4 Å². The zero-order valence-electron chi connectivity index (χ0n) is 16.1. The van der Waals surface area contributed by atoms with E-state index in [4.69, 9.17) is 0 Å². The van der Waals surface area contributed by atoms with E-state index < -0.39 is 24.2 Å². The van der Waals surface area contributed by atoms with Gasteiger partial charge in [0.2, 0.25) is 23.6 Å². The van der Waals surface area contributed by atoms with Crippen molar-refractivity contribution in [3.05, 3.63) is 0 Å². The van der Waals surface area contributed by atoms with Crippen LogP contribution in [0.3, 0.4) is 0 Å². The zero-order valence-corrected chi connectivity index (χ0v) is 16.1. The fraction of sp³-hybridized carbons (Fsp3) is 0.722. The van der Waals surface area contributed by atoms with E-state index in [0.717, 1.165) is 6.42 Å². The van der Waals surface area contributed by atoms with Crippen LogP contribution >= 0.6 is 0 Å². The van der Waals surface area contributed by atoms with Crippen molar-refractivity contribution in [1.29, 1.82) is 0 Å². The summed E-state index contributed by atoms with van der Waals surface area (Å²) in [6.07, 6.45) is 3.16. The number of carbonyl (C=O) groups excluding carboxylic acids is 5. The lowest BCUT2D eigenvalue weighted by molar-refractivity contribution is -0.142. The van der Waals surface area contributed by atoms with Crippen LogP contribution in [0.1, 0.15) is 46.5 Å². The first-order valence-corrected chi connectivity index (χ1v) is 9.40. The largest absolute Gasteiger partial charge is 0.345 e. The number of hydrogen-bond acceptors (Lipinski definition) is 5. The molecule has 0 bridgehead atoms. The first-order valence-electron chi connectivity index (χ1n) is 9.40. The molecule has 9 nitrogen and oxygen atoms in total. The van der Waals surface area contributed by atoms with Gasteiger partial charge in [0.25, 0.3) is 0 Å². The van der Waals surface area contributed by atoms with Gasteiger partial charge in [-0.1, -0.05) is 0 Å². The second-order valence-electron chi connectivity index (χ2n) is 7.22. The minimum absolute atomic E-state index is 0.160. The second kappa shape index (κ2) is 8.96. The molecule has 0 aromatic rings. The van der Waals surface area contributed by atoms with Gasteiger partial charge in [0.1, 0.15) is 24.4 Å². The number of rotatable bonds is 6. The Hall–Kier alpha value is -2.45. The summed E-state index contributed by atoms with van der Waals surface area (Å²) < 4.78 is 0. The fourth-order valence-electron chi connectivity index (χ4n) is 3.69. The maximum absolute atomic E-state index is 12.8. The Kier molecular flexibility index (Phi) is 6.92. The maximum Gasteiger partial charge on any atom is 0.245 e. The summed E-state index contributed by atoms with van der Waals surface area (Å²) in [5.41, 5.74) is 0.